The lowest BCUT2D eigenvalue weighted by atomic mass is 10.3. The molecule has 13 heavy (non-hydrogen) atoms. The first-order valence-corrected chi connectivity index (χ1v) is 5.02. The van der Waals surface area contributed by atoms with Gasteiger partial charge in [0.05, 0.1) is 11.4 Å². The minimum absolute atomic E-state index is 0.890. The van der Waals surface area contributed by atoms with Crippen molar-refractivity contribution in [1.29, 1.82) is 0 Å². The van der Waals surface area contributed by atoms with Crippen molar-refractivity contribution in [3.8, 4) is 0 Å². The molecule has 0 saturated carbocycles. The molecule has 0 aliphatic rings. The summed E-state index contributed by atoms with van der Waals surface area (Å²) in [5, 5.41) is 4.42. The van der Waals surface area contributed by atoms with Crippen LogP contribution < -0.4 is 0 Å². The summed E-state index contributed by atoms with van der Waals surface area (Å²) in [6, 6.07) is 4.00. The number of aryl methyl sites for hydroxylation is 2. The predicted octanol–water partition coefficient (Wildman–Crippen LogP) is 2.36. The standard InChI is InChI=1S/C9H10BrN3/c1-3-7-4-5-8-11-6(2)9(10)13(8)12-7/h4-5H,3H2,1-2H3. The fourth-order valence-corrected chi connectivity index (χ4v) is 1.59. The van der Waals surface area contributed by atoms with Gasteiger partial charge in [0.2, 0.25) is 0 Å². The number of rotatable bonds is 1. The van der Waals surface area contributed by atoms with Gasteiger partial charge in [0.25, 0.3) is 0 Å². The third-order valence-corrected chi connectivity index (χ3v) is 2.91. The summed E-state index contributed by atoms with van der Waals surface area (Å²) in [5.74, 6) is 0. The minimum atomic E-state index is 0.890. The lowest BCUT2D eigenvalue weighted by molar-refractivity contribution is 0.847. The van der Waals surface area contributed by atoms with Crippen molar-refractivity contribution >= 4 is 21.6 Å². The van der Waals surface area contributed by atoms with E-state index < -0.39 is 0 Å². The van der Waals surface area contributed by atoms with Crippen LogP contribution in [-0.4, -0.2) is 14.6 Å². The Hall–Kier alpha value is -0.900. The Morgan fingerprint density at radius 3 is 2.92 bits per heavy atom. The van der Waals surface area contributed by atoms with Crippen LogP contribution in [0.3, 0.4) is 0 Å². The second kappa shape index (κ2) is 3.10. The summed E-state index contributed by atoms with van der Waals surface area (Å²) < 4.78 is 2.77. The van der Waals surface area contributed by atoms with Crippen LogP contribution in [0.4, 0.5) is 0 Å². The molecule has 0 aromatic carbocycles. The highest BCUT2D eigenvalue weighted by Gasteiger charge is 2.06. The van der Waals surface area contributed by atoms with Gasteiger partial charge in [0.15, 0.2) is 5.65 Å². The van der Waals surface area contributed by atoms with E-state index >= 15 is 0 Å². The molecule has 3 nitrogen and oxygen atoms in total. The van der Waals surface area contributed by atoms with E-state index in [1.54, 1.807) is 0 Å². The zero-order valence-corrected chi connectivity index (χ0v) is 9.17. The van der Waals surface area contributed by atoms with E-state index in [0.29, 0.717) is 0 Å². The molecule has 2 rings (SSSR count). The summed E-state index contributed by atoms with van der Waals surface area (Å²) in [5.41, 5.74) is 2.94. The van der Waals surface area contributed by atoms with Crippen molar-refractivity contribution in [3.63, 3.8) is 0 Å². The largest absolute Gasteiger partial charge is 0.231 e. The molecule has 0 fully saturated rings. The quantitative estimate of drug-likeness (QED) is 0.765. The number of imidazole rings is 1. The fraction of sp³-hybridized carbons (Fsp3) is 0.333. The summed E-state index contributed by atoms with van der Waals surface area (Å²) in [7, 11) is 0. The van der Waals surface area contributed by atoms with Crippen molar-refractivity contribution < 1.29 is 0 Å². The van der Waals surface area contributed by atoms with Gasteiger partial charge >= 0.3 is 0 Å². The molecule has 4 heteroatoms. The normalized spacial score (nSPS) is 11.0. The number of hydrogen-bond acceptors (Lipinski definition) is 2. The van der Waals surface area contributed by atoms with E-state index in [4.69, 9.17) is 0 Å². The average molecular weight is 240 g/mol. The van der Waals surface area contributed by atoms with Gasteiger partial charge in [-0.1, -0.05) is 6.92 Å². The molecule has 2 aromatic rings. The van der Waals surface area contributed by atoms with Gasteiger partial charge in [-0.2, -0.15) is 5.10 Å². The zero-order chi connectivity index (χ0) is 9.42. The molecule has 0 aliphatic heterocycles. The molecule has 2 heterocycles. The summed E-state index contributed by atoms with van der Waals surface area (Å²) in [4.78, 5) is 4.34. The number of halogens is 1. The lowest BCUT2D eigenvalue weighted by Crippen LogP contribution is -1.96. The van der Waals surface area contributed by atoms with Crippen LogP contribution >= 0.6 is 15.9 Å². The van der Waals surface area contributed by atoms with E-state index in [1.807, 2.05) is 23.6 Å². The average Bonchev–Trinajstić information content (AvgIpc) is 2.43. The highest BCUT2D eigenvalue weighted by molar-refractivity contribution is 9.10. The Kier molecular flexibility index (Phi) is 2.07. The smallest absolute Gasteiger partial charge is 0.155 e. The molecule has 68 valence electrons. The highest BCUT2D eigenvalue weighted by Crippen LogP contribution is 2.16. The fourth-order valence-electron chi connectivity index (χ4n) is 1.24. The molecule has 0 amide bonds. The first kappa shape index (κ1) is 8.69. The van der Waals surface area contributed by atoms with E-state index in [-0.39, 0.29) is 0 Å². The van der Waals surface area contributed by atoms with Crippen molar-refractivity contribution in [1.82, 2.24) is 14.6 Å². The predicted molar refractivity (Wildman–Crippen MR) is 54.8 cm³/mol. The van der Waals surface area contributed by atoms with Crippen LogP contribution in [0.15, 0.2) is 16.7 Å². The first-order valence-electron chi connectivity index (χ1n) is 4.23. The first-order chi connectivity index (χ1) is 6.22. The molecule has 0 saturated heterocycles. The Bertz CT molecular complexity index is 447. The van der Waals surface area contributed by atoms with E-state index in [9.17, 15) is 0 Å². The van der Waals surface area contributed by atoms with Crippen molar-refractivity contribution in [2.75, 3.05) is 0 Å². The van der Waals surface area contributed by atoms with Crippen molar-refractivity contribution in [3.05, 3.63) is 28.1 Å². The Balaban J connectivity index is 2.75. The molecule has 0 atom stereocenters. The van der Waals surface area contributed by atoms with Gasteiger partial charge in [-0.25, -0.2) is 9.50 Å². The topological polar surface area (TPSA) is 30.2 Å². The van der Waals surface area contributed by atoms with Crippen molar-refractivity contribution in [2.45, 2.75) is 20.3 Å². The maximum absolute atomic E-state index is 4.42. The van der Waals surface area contributed by atoms with Gasteiger partial charge in [-0.3, -0.25) is 0 Å². The minimum Gasteiger partial charge on any atom is -0.231 e. The zero-order valence-electron chi connectivity index (χ0n) is 7.58. The van der Waals surface area contributed by atoms with Crippen LogP contribution in [0.5, 0.6) is 0 Å². The number of nitrogens with zero attached hydrogens (tertiary/aromatic N) is 3. The molecular weight excluding hydrogens is 230 g/mol. The summed E-state index contributed by atoms with van der Waals surface area (Å²) in [6.07, 6.45) is 0.944. The SMILES string of the molecule is CCc1ccc2nc(C)c(Br)n2n1. The second-order valence-corrected chi connectivity index (χ2v) is 3.69. The van der Waals surface area contributed by atoms with Gasteiger partial charge in [-0.05, 0) is 41.4 Å². The van der Waals surface area contributed by atoms with Gasteiger partial charge in [-0.15, -0.1) is 0 Å². The number of aromatic nitrogens is 3. The third kappa shape index (κ3) is 1.35. The molecule has 0 radical (unpaired) electrons. The molecule has 2 aromatic heterocycles. The molecule has 0 bridgehead atoms. The second-order valence-electron chi connectivity index (χ2n) is 2.94. The van der Waals surface area contributed by atoms with Crippen LogP contribution in [0.25, 0.3) is 5.65 Å². The molecule has 0 aliphatic carbocycles. The summed E-state index contributed by atoms with van der Waals surface area (Å²) >= 11 is 3.45. The third-order valence-electron chi connectivity index (χ3n) is 2.00. The number of hydrogen-bond donors (Lipinski definition) is 0. The Labute approximate surface area is 84.9 Å². The van der Waals surface area contributed by atoms with Crippen molar-refractivity contribution in [2.24, 2.45) is 0 Å². The van der Waals surface area contributed by atoms with Gasteiger partial charge in [0.1, 0.15) is 4.60 Å². The van der Waals surface area contributed by atoms with Crippen LogP contribution in [0, 0.1) is 6.92 Å². The van der Waals surface area contributed by atoms with Gasteiger partial charge in [0, 0.05) is 0 Å². The van der Waals surface area contributed by atoms with Crippen LogP contribution in [-0.2, 0) is 6.42 Å². The number of fused-ring (bicyclic) bond motifs is 1. The monoisotopic (exact) mass is 239 g/mol. The highest BCUT2D eigenvalue weighted by atomic mass is 79.9. The van der Waals surface area contributed by atoms with E-state index in [2.05, 4.69) is 32.9 Å². The van der Waals surface area contributed by atoms with Gasteiger partial charge < -0.3 is 0 Å². The maximum Gasteiger partial charge on any atom is 0.155 e. The lowest BCUT2D eigenvalue weighted by Gasteiger charge is -1.97. The van der Waals surface area contributed by atoms with Crippen LogP contribution in [0.1, 0.15) is 18.3 Å². The molecule has 0 N–H and O–H groups in total. The Morgan fingerprint density at radius 2 is 2.23 bits per heavy atom. The Morgan fingerprint density at radius 1 is 1.46 bits per heavy atom. The summed E-state index contributed by atoms with van der Waals surface area (Å²) in [6.45, 7) is 4.05. The van der Waals surface area contributed by atoms with E-state index in [1.165, 1.54) is 0 Å². The van der Waals surface area contributed by atoms with Crippen LogP contribution in [0.2, 0.25) is 0 Å². The molecule has 0 unspecified atom stereocenters. The molecular formula is C9H10BrN3. The maximum atomic E-state index is 4.42. The van der Waals surface area contributed by atoms with E-state index in [0.717, 1.165) is 28.1 Å². The molecule has 0 spiro atoms.